The zero-order valence-corrected chi connectivity index (χ0v) is 71.1. The van der Waals surface area contributed by atoms with Crippen LogP contribution in [0.15, 0.2) is 182 Å². The van der Waals surface area contributed by atoms with Crippen molar-refractivity contribution in [2.75, 3.05) is 39.6 Å². The van der Waals surface area contributed by atoms with Crippen molar-refractivity contribution in [3.63, 3.8) is 0 Å². The van der Waals surface area contributed by atoms with E-state index in [1.165, 1.54) is 83.5 Å². The molecule has 0 aliphatic heterocycles. The molecule has 0 heterocycles. The smallest absolute Gasteiger partial charge is 0.463 e. The van der Waals surface area contributed by atoms with Gasteiger partial charge in [-0.05, 0) is 154 Å². The topological polar surface area (TPSA) is 231 Å². The Bertz CT molecular complexity index is 2750. The Morgan fingerprint density at radius 2 is 0.450 bits per heavy atom. The molecule has 0 rings (SSSR count). The number of hydrogen-bond donors (Lipinski definition) is 4. The Morgan fingerprint density at radius 1 is 0.252 bits per heavy atom. The maximum Gasteiger partial charge on any atom is 0.472 e. The normalized spacial score (nSPS) is 14.8. The molecule has 0 spiro atoms. The van der Waals surface area contributed by atoms with E-state index in [0.29, 0.717) is 19.3 Å². The summed E-state index contributed by atoms with van der Waals surface area (Å²) in [6, 6.07) is 0. The fourth-order valence-electron chi connectivity index (χ4n) is 11.2. The van der Waals surface area contributed by atoms with E-state index in [4.69, 9.17) is 32.3 Å². The number of allylic oxidation sites excluding steroid dienone is 30. The molecule has 16 nitrogen and oxygen atoms in total. The largest absolute Gasteiger partial charge is 0.472 e. The average molecular weight is 1590 g/mol. The van der Waals surface area contributed by atoms with E-state index < -0.39 is 91.5 Å². The Balaban J connectivity index is 4.59. The Labute approximate surface area is 675 Å². The van der Waals surface area contributed by atoms with Crippen LogP contribution in [-0.4, -0.2) is 95.9 Å². The second kappa shape index (κ2) is 84.1. The van der Waals surface area contributed by atoms with E-state index in [2.05, 4.69) is 203 Å². The van der Waals surface area contributed by atoms with Crippen molar-refractivity contribution in [2.45, 2.75) is 347 Å². The first-order valence-corrected chi connectivity index (χ1v) is 46.1. The molecule has 111 heavy (non-hydrogen) atoms. The number of aliphatic hydroxyl groups excluding tert-OH is 2. The van der Waals surface area contributed by atoms with Gasteiger partial charge in [0, 0.05) is 19.3 Å². The van der Waals surface area contributed by atoms with E-state index in [-0.39, 0.29) is 19.3 Å². The number of rotatable bonds is 80. The van der Waals surface area contributed by atoms with Crippen molar-refractivity contribution in [1.82, 2.24) is 0 Å². The maximum atomic E-state index is 13.0. The standard InChI is InChI=1S/C93H154O16P2/c1-4-7-10-13-16-19-22-25-28-31-33-35-37-39-41-43-45-47-49-51-53-56-58-61-64-67-70-73-76-79-91(96)103-82-88(94)83-105-110(99,100)106-84-89(95)85-107-111(101,102)108-87-90(109-93(98)81-78-75-72-69-66-63-60-55-30-27-24-21-18-15-12-9-6-3)86-104-92(97)80-77-74-71-68-65-62-59-57-54-52-50-48-46-44-42-40-38-36-34-32-29-26-23-20-17-14-11-8-5-2/h7-12,16-21,25-30,33-36,39-42,45,47,60,63,88-90,94-95H,4-6,13-15,22-24,31-32,37-38,43-44,46,48-59,61-62,64-87H2,1-3H3,(H,99,100)(H,101,102)/b10-7-,11-8-,12-9-,19-16-,20-17-,21-18-,28-25-,29-26-,30-27-,35-33-,36-34-,41-39-,42-40-,47-45-,63-60-. The Morgan fingerprint density at radius 3 is 0.712 bits per heavy atom. The summed E-state index contributed by atoms with van der Waals surface area (Å²) >= 11 is 0. The molecular formula is C93H154O16P2. The fraction of sp³-hybridized carbons (Fsp3) is 0.645. The molecular weight excluding hydrogens is 1430 g/mol. The van der Waals surface area contributed by atoms with E-state index in [9.17, 15) is 43.5 Å². The number of esters is 3. The van der Waals surface area contributed by atoms with Crippen LogP contribution in [0, 0.1) is 0 Å². The Hall–Kier alpha value is -5.35. The van der Waals surface area contributed by atoms with Gasteiger partial charge in [0.15, 0.2) is 6.10 Å². The minimum absolute atomic E-state index is 0.0715. The van der Waals surface area contributed by atoms with Gasteiger partial charge in [-0.25, -0.2) is 9.13 Å². The fourth-order valence-corrected chi connectivity index (χ4v) is 12.8. The first-order valence-electron chi connectivity index (χ1n) is 43.1. The van der Waals surface area contributed by atoms with Crippen molar-refractivity contribution in [1.29, 1.82) is 0 Å². The highest BCUT2D eigenvalue weighted by molar-refractivity contribution is 7.47. The molecule has 0 radical (unpaired) electrons. The summed E-state index contributed by atoms with van der Waals surface area (Å²) in [5, 5.41) is 20.7. The number of phosphoric ester groups is 2. The maximum absolute atomic E-state index is 13.0. The lowest BCUT2D eigenvalue weighted by molar-refractivity contribution is -0.161. The highest BCUT2D eigenvalue weighted by Gasteiger charge is 2.29. The number of carbonyl (C=O) groups is 3. The Kier molecular flexibility index (Phi) is 80.0. The SMILES string of the molecule is CC/C=C\C/C=C\C/C=C\C/C=C\C/C=C\C/C=C\CCCCCCCCCCCCC(=O)OCC(O)COP(=O)(O)OCC(O)COP(=O)(O)OCC(COC(=O)CCCCCCCCCCCCCCC/C=C\C/C=C\C/C=C\C/C=C\C/C=C\CC)OC(=O)CCCCCC/C=C\C/C=C\C/C=C\C/C=C\CC. The minimum Gasteiger partial charge on any atom is -0.463 e. The van der Waals surface area contributed by atoms with Crippen molar-refractivity contribution < 1.29 is 75.8 Å². The third-order valence-electron chi connectivity index (χ3n) is 17.6. The zero-order chi connectivity index (χ0) is 80.8. The predicted molar refractivity (Wildman–Crippen MR) is 463 cm³/mol. The summed E-state index contributed by atoms with van der Waals surface area (Å²) in [4.78, 5) is 58.9. The summed E-state index contributed by atoms with van der Waals surface area (Å²) < 4.78 is 61.3. The summed E-state index contributed by atoms with van der Waals surface area (Å²) in [7, 11) is -9.82. The molecule has 0 saturated carbocycles. The van der Waals surface area contributed by atoms with Gasteiger partial charge in [-0.2, -0.15) is 0 Å². The highest BCUT2D eigenvalue weighted by Crippen LogP contribution is 2.45. The molecule has 632 valence electrons. The molecule has 4 N–H and O–H groups in total. The van der Waals surface area contributed by atoms with Crippen LogP contribution in [-0.2, 0) is 55.8 Å². The average Bonchev–Trinajstić information content (AvgIpc) is 0.901. The number of phosphoric acid groups is 2. The molecule has 0 aliphatic carbocycles. The van der Waals surface area contributed by atoms with Crippen LogP contribution in [0.5, 0.6) is 0 Å². The second-order valence-electron chi connectivity index (χ2n) is 28.2. The third-order valence-corrected chi connectivity index (χ3v) is 19.5. The van der Waals surface area contributed by atoms with Crippen LogP contribution in [0.4, 0.5) is 0 Å². The number of aliphatic hydroxyl groups is 2. The molecule has 0 bridgehead atoms. The molecule has 0 saturated heterocycles. The zero-order valence-electron chi connectivity index (χ0n) is 69.3. The molecule has 0 aromatic rings. The van der Waals surface area contributed by atoms with Gasteiger partial charge in [-0.15, -0.1) is 0 Å². The van der Waals surface area contributed by atoms with Gasteiger partial charge in [-0.3, -0.25) is 32.5 Å². The highest BCUT2D eigenvalue weighted by atomic mass is 31.2. The van der Waals surface area contributed by atoms with Crippen molar-refractivity contribution in [2.24, 2.45) is 0 Å². The first-order chi connectivity index (χ1) is 54.2. The van der Waals surface area contributed by atoms with Crippen molar-refractivity contribution in [3.05, 3.63) is 182 Å². The lowest BCUT2D eigenvalue weighted by Gasteiger charge is -2.21. The summed E-state index contributed by atoms with van der Waals surface area (Å²) in [6.45, 7) is 2.32. The van der Waals surface area contributed by atoms with E-state index in [0.717, 1.165) is 186 Å². The van der Waals surface area contributed by atoms with Crippen LogP contribution in [0.1, 0.15) is 329 Å². The molecule has 18 heteroatoms. The van der Waals surface area contributed by atoms with Gasteiger partial charge >= 0.3 is 33.6 Å². The lowest BCUT2D eigenvalue weighted by atomic mass is 10.0. The van der Waals surface area contributed by atoms with Gasteiger partial charge in [0.2, 0.25) is 0 Å². The van der Waals surface area contributed by atoms with Crippen molar-refractivity contribution >= 4 is 33.6 Å². The summed E-state index contributed by atoms with van der Waals surface area (Å²) in [5.74, 6) is -1.61. The monoisotopic (exact) mass is 1590 g/mol. The number of ether oxygens (including phenoxy) is 3. The third kappa shape index (κ3) is 85.4. The van der Waals surface area contributed by atoms with Crippen LogP contribution < -0.4 is 0 Å². The van der Waals surface area contributed by atoms with Gasteiger partial charge in [0.25, 0.3) is 0 Å². The van der Waals surface area contributed by atoms with Crippen LogP contribution >= 0.6 is 15.6 Å². The predicted octanol–water partition coefficient (Wildman–Crippen LogP) is 26.1. The van der Waals surface area contributed by atoms with Gasteiger partial charge in [0.05, 0.1) is 26.4 Å². The summed E-state index contributed by atoms with van der Waals surface area (Å²) in [6.07, 6.45) is 109. The minimum atomic E-state index is -4.95. The lowest BCUT2D eigenvalue weighted by Crippen LogP contribution is -2.30. The van der Waals surface area contributed by atoms with E-state index in [1.54, 1.807) is 0 Å². The van der Waals surface area contributed by atoms with Crippen LogP contribution in [0.25, 0.3) is 0 Å². The quantitative estimate of drug-likeness (QED) is 0.0146. The van der Waals surface area contributed by atoms with Crippen LogP contribution in [0.2, 0.25) is 0 Å². The number of hydrogen-bond acceptors (Lipinski definition) is 14. The van der Waals surface area contributed by atoms with E-state index >= 15 is 0 Å². The molecule has 5 unspecified atom stereocenters. The second-order valence-corrected chi connectivity index (χ2v) is 31.1. The van der Waals surface area contributed by atoms with Crippen molar-refractivity contribution in [3.8, 4) is 0 Å². The van der Waals surface area contributed by atoms with Crippen LogP contribution in [0.3, 0.4) is 0 Å². The molecule has 0 aromatic carbocycles. The van der Waals surface area contributed by atoms with Gasteiger partial charge in [-0.1, -0.05) is 338 Å². The first kappa shape index (κ1) is 106. The molecule has 0 fully saturated rings. The van der Waals surface area contributed by atoms with E-state index in [1.807, 2.05) is 0 Å². The molecule has 0 aromatic heterocycles. The number of carbonyl (C=O) groups excluding carboxylic acids is 3. The number of unbranched alkanes of at least 4 members (excludes halogenated alkanes) is 27. The van der Waals surface area contributed by atoms with Gasteiger partial charge < -0.3 is 34.2 Å². The molecule has 5 atom stereocenters. The molecule has 0 amide bonds. The molecule has 0 aliphatic rings. The van der Waals surface area contributed by atoms with Gasteiger partial charge in [0.1, 0.15) is 25.4 Å². The summed E-state index contributed by atoms with van der Waals surface area (Å²) in [5.41, 5.74) is 0.